The number of carbonyl (C=O) groups excluding carboxylic acids is 2. The van der Waals surface area contributed by atoms with Gasteiger partial charge in [-0.3, -0.25) is 4.79 Å². The van der Waals surface area contributed by atoms with Crippen molar-refractivity contribution < 1.29 is 19.5 Å². The molecular weight excluding hydrogens is 270 g/mol. The molecule has 3 amide bonds. The summed E-state index contributed by atoms with van der Waals surface area (Å²) in [6.45, 7) is 3.57. The van der Waals surface area contributed by atoms with Gasteiger partial charge in [-0.25, -0.2) is 9.59 Å². The van der Waals surface area contributed by atoms with Crippen LogP contribution in [0.15, 0.2) is 0 Å². The van der Waals surface area contributed by atoms with E-state index >= 15 is 0 Å². The molecule has 0 spiro atoms. The van der Waals surface area contributed by atoms with Crippen molar-refractivity contribution in [2.24, 2.45) is 5.41 Å². The lowest BCUT2D eigenvalue weighted by Gasteiger charge is -2.26. The normalized spacial score (nSPS) is 19.1. The van der Waals surface area contributed by atoms with Crippen LogP contribution < -0.4 is 10.6 Å². The van der Waals surface area contributed by atoms with Crippen molar-refractivity contribution in [3.8, 4) is 0 Å². The maximum atomic E-state index is 11.9. The van der Waals surface area contributed by atoms with Crippen LogP contribution in [0.25, 0.3) is 0 Å². The Labute approximate surface area is 116 Å². The molecular formula is C11H19N3O4S. The molecule has 0 saturated carbocycles. The van der Waals surface area contributed by atoms with E-state index in [1.807, 2.05) is 0 Å². The SMILES string of the molecule is CNC(=O)C(C)(C)CNC(=O)N1CSC[C@H]1C(=O)O. The van der Waals surface area contributed by atoms with Crippen molar-refractivity contribution in [3.63, 3.8) is 0 Å². The highest BCUT2D eigenvalue weighted by Crippen LogP contribution is 2.21. The molecule has 0 aromatic heterocycles. The molecule has 0 aliphatic carbocycles. The number of hydrogen-bond acceptors (Lipinski definition) is 4. The fourth-order valence-electron chi connectivity index (χ4n) is 1.66. The maximum Gasteiger partial charge on any atom is 0.327 e. The highest BCUT2D eigenvalue weighted by atomic mass is 32.2. The molecule has 1 heterocycles. The van der Waals surface area contributed by atoms with Gasteiger partial charge in [0.2, 0.25) is 5.91 Å². The molecule has 1 atom stereocenters. The fourth-order valence-corrected chi connectivity index (χ4v) is 2.81. The van der Waals surface area contributed by atoms with Gasteiger partial charge in [-0.1, -0.05) is 0 Å². The molecule has 0 unspecified atom stereocenters. The van der Waals surface area contributed by atoms with Crippen molar-refractivity contribution in [2.75, 3.05) is 25.2 Å². The summed E-state index contributed by atoms with van der Waals surface area (Å²) in [5.74, 6) is -0.450. The monoisotopic (exact) mass is 289 g/mol. The summed E-state index contributed by atoms with van der Waals surface area (Å²) in [5.41, 5.74) is -0.740. The van der Waals surface area contributed by atoms with Gasteiger partial charge in [0.1, 0.15) is 6.04 Å². The lowest BCUT2D eigenvalue weighted by Crippen LogP contribution is -2.50. The van der Waals surface area contributed by atoms with Gasteiger partial charge in [0.25, 0.3) is 0 Å². The molecule has 0 aromatic carbocycles. The molecule has 7 nitrogen and oxygen atoms in total. The van der Waals surface area contributed by atoms with Gasteiger partial charge in [0, 0.05) is 19.3 Å². The van der Waals surface area contributed by atoms with Crippen LogP contribution in [0.1, 0.15) is 13.8 Å². The Hall–Kier alpha value is -1.44. The third-order valence-corrected chi connectivity index (χ3v) is 3.96. The Bertz CT molecular complexity index is 386. The van der Waals surface area contributed by atoms with Crippen LogP contribution in [0.5, 0.6) is 0 Å². The first-order valence-corrected chi connectivity index (χ1v) is 7.02. The molecule has 3 N–H and O–H groups in total. The predicted octanol–water partition coefficient (Wildman–Crippen LogP) is -0.0723. The van der Waals surface area contributed by atoms with E-state index in [2.05, 4.69) is 10.6 Å². The summed E-state index contributed by atoms with van der Waals surface area (Å²) in [6.07, 6.45) is 0. The van der Waals surface area contributed by atoms with E-state index in [0.717, 1.165) is 0 Å². The second-order valence-electron chi connectivity index (χ2n) is 4.95. The molecule has 1 saturated heterocycles. The summed E-state index contributed by atoms with van der Waals surface area (Å²) in [7, 11) is 1.53. The molecule has 0 aromatic rings. The average Bonchev–Trinajstić information content (AvgIpc) is 2.84. The summed E-state index contributed by atoms with van der Waals surface area (Å²) in [5, 5.41) is 14.1. The number of nitrogens with zero attached hydrogens (tertiary/aromatic N) is 1. The highest BCUT2D eigenvalue weighted by molar-refractivity contribution is 7.99. The van der Waals surface area contributed by atoms with Gasteiger partial charge in [-0.15, -0.1) is 11.8 Å². The molecule has 1 fully saturated rings. The largest absolute Gasteiger partial charge is 0.480 e. The van der Waals surface area contributed by atoms with E-state index < -0.39 is 23.5 Å². The third-order valence-electron chi connectivity index (χ3n) is 2.95. The van der Waals surface area contributed by atoms with Crippen molar-refractivity contribution in [3.05, 3.63) is 0 Å². The minimum absolute atomic E-state index is 0.152. The first kappa shape index (κ1) is 15.6. The zero-order valence-corrected chi connectivity index (χ0v) is 12.0. The van der Waals surface area contributed by atoms with Gasteiger partial charge in [0.05, 0.1) is 11.3 Å². The van der Waals surface area contributed by atoms with Gasteiger partial charge in [-0.05, 0) is 13.8 Å². The van der Waals surface area contributed by atoms with Crippen LogP contribution in [0.2, 0.25) is 0 Å². The van der Waals surface area contributed by atoms with Crippen LogP contribution >= 0.6 is 11.8 Å². The molecule has 1 aliphatic rings. The van der Waals surface area contributed by atoms with Crippen LogP contribution in [0.3, 0.4) is 0 Å². The number of hydrogen-bond donors (Lipinski definition) is 3. The summed E-state index contributed by atoms with van der Waals surface area (Å²) in [6, 6.07) is -1.25. The van der Waals surface area contributed by atoms with Crippen molar-refractivity contribution >= 4 is 29.7 Å². The number of aliphatic carboxylic acids is 1. The number of urea groups is 1. The van der Waals surface area contributed by atoms with Gasteiger partial charge in [0.15, 0.2) is 0 Å². The standard InChI is InChI=1S/C11H19N3O4S/c1-11(2,9(17)12-3)5-13-10(18)14-6-19-4-7(14)8(15)16/h7H,4-6H2,1-3H3,(H,12,17)(H,13,18)(H,15,16)/t7-/m0/s1. The van der Waals surface area contributed by atoms with E-state index in [0.29, 0.717) is 11.6 Å². The molecule has 1 rings (SSSR count). The average molecular weight is 289 g/mol. The zero-order valence-electron chi connectivity index (χ0n) is 11.2. The minimum Gasteiger partial charge on any atom is -0.480 e. The number of amides is 3. The van der Waals surface area contributed by atoms with Crippen LogP contribution in [-0.2, 0) is 9.59 Å². The van der Waals surface area contributed by atoms with E-state index in [1.54, 1.807) is 13.8 Å². The molecule has 1 aliphatic heterocycles. The van der Waals surface area contributed by atoms with Crippen molar-refractivity contribution in [2.45, 2.75) is 19.9 Å². The lowest BCUT2D eigenvalue weighted by molar-refractivity contribution is -0.140. The van der Waals surface area contributed by atoms with Crippen LogP contribution in [0.4, 0.5) is 4.79 Å². The van der Waals surface area contributed by atoms with Gasteiger partial charge >= 0.3 is 12.0 Å². The Morgan fingerprint density at radius 2 is 2.05 bits per heavy atom. The highest BCUT2D eigenvalue weighted by Gasteiger charge is 2.35. The lowest BCUT2D eigenvalue weighted by atomic mass is 9.92. The number of carboxylic acids is 1. The Morgan fingerprint density at radius 1 is 1.42 bits per heavy atom. The Morgan fingerprint density at radius 3 is 2.58 bits per heavy atom. The van der Waals surface area contributed by atoms with Crippen LogP contribution in [-0.4, -0.2) is 59.2 Å². The molecule has 19 heavy (non-hydrogen) atoms. The maximum absolute atomic E-state index is 11.9. The van der Waals surface area contributed by atoms with E-state index in [-0.39, 0.29) is 12.5 Å². The number of thioether (sulfide) groups is 1. The summed E-state index contributed by atoms with van der Waals surface area (Å²) < 4.78 is 0. The molecule has 0 radical (unpaired) electrons. The Balaban J connectivity index is 2.56. The van der Waals surface area contributed by atoms with E-state index in [1.165, 1.54) is 23.7 Å². The smallest absolute Gasteiger partial charge is 0.327 e. The molecule has 108 valence electrons. The van der Waals surface area contributed by atoms with Crippen LogP contribution in [0, 0.1) is 5.41 Å². The zero-order chi connectivity index (χ0) is 14.6. The second kappa shape index (κ2) is 6.14. The predicted molar refractivity (Wildman–Crippen MR) is 71.8 cm³/mol. The van der Waals surface area contributed by atoms with Crippen molar-refractivity contribution in [1.82, 2.24) is 15.5 Å². The van der Waals surface area contributed by atoms with Crippen molar-refractivity contribution in [1.29, 1.82) is 0 Å². The number of carboxylic acid groups (broad SMARTS) is 1. The van der Waals surface area contributed by atoms with Gasteiger partial charge < -0.3 is 20.6 Å². The third kappa shape index (κ3) is 3.76. The second-order valence-corrected chi connectivity index (χ2v) is 5.95. The minimum atomic E-state index is -1.01. The number of carbonyl (C=O) groups is 3. The topological polar surface area (TPSA) is 98.7 Å². The molecule has 0 bridgehead atoms. The van der Waals surface area contributed by atoms with Gasteiger partial charge in [-0.2, -0.15) is 0 Å². The first-order valence-electron chi connectivity index (χ1n) is 5.87. The fraction of sp³-hybridized carbons (Fsp3) is 0.727. The van der Waals surface area contributed by atoms with E-state index in [9.17, 15) is 14.4 Å². The molecule has 8 heteroatoms. The quantitative estimate of drug-likeness (QED) is 0.673. The summed E-state index contributed by atoms with van der Waals surface area (Å²) in [4.78, 5) is 35.7. The summed E-state index contributed by atoms with van der Waals surface area (Å²) >= 11 is 1.40. The number of nitrogens with one attached hydrogen (secondary N) is 2. The van der Waals surface area contributed by atoms with E-state index in [4.69, 9.17) is 5.11 Å². The number of rotatable bonds is 4. The first-order chi connectivity index (χ1) is 8.79. The Kier molecular flexibility index (Phi) is 5.04.